The molecule has 6 nitrogen and oxygen atoms in total. The number of hydrogen-bond donors (Lipinski definition) is 1. The minimum Gasteiger partial charge on any atom is -0.462 e. The summed E-state index contributed by atoms with van der Waals surface area (Å²) in [5, 5.41) is 0.964. The number of esters is 1. The lowest BCUT2D eigenvalue weighted by Gasteiger charge is -2.12. The highest BCUT2D eigenvalue weighted by Gasteiger charge is 2.21. The molecule has 0 saturated heterocycles. The number of thioether (sulfide) groups is 1. The predicted molar refractivity (Wildman–Crippen MR) is 93.1 cm³/mol. The van der Waals surface area contributed by atoms with Crippen molar-refractivity contribution in [1.82, 2.24) is 9.97 Å². The Morgan fingerprint density at radius 3 is 2.50 bits per heavy atom. The van der Waals surface area contributed by atoms with Crippen LogP contribution in [0.1, 0.15) is 23.0 Å². The number of carbonyl (C=O) groups excluding carboxylic acids is 2. The molecule has 2 aromatic rings. The summed E-state index contributed by atoms with van der Waals surface area (Å²) in [5.41, 5.74) is 6.67. The molecule has 126 valence electrons. The van der Waals surface area contributed by atoms with Gasteiger partial charge in [0, 0.05) is 10.6 Å². The van der Waals surface area contributed by atoms with E-state index in [2.05, 4.69) is 9.97 Å². The number of hydrogen-bond acceptors (Lipinski definition) is 6. The Morgan fingerprint density at radius 1 is 1.25 bits per heavy atom. The number of nitrogens with two attached hydrogens (primary N) is 1. The third-order valence-electron chi connectivity index (χ3n) is 2.99. The van der Waals surface area contributed by atoms with Gasteiger partial charge in [-0.25, -0.2) is 14.8 Å². The molecule has 1 aromatic heterocycles. The molecule has 1 amide bonds. The Morgan fingerprint density at radius 2 is 1.92 bits per heavy atom. The normalized spacial score (nSPS) is 10.5. The van der Waals surface area contributed by atoms with E-state index in [0.717, 1.165) is 17.3 Å². The smallest absolute Gasteiger partial charge is 0.342 e. The first kappa shape index (κ1) is 18.2. The molecule has 0 aliphatic heterocycles. The van der Waals surface area contributed by atoms with Crippen LogP contribution in [0.5, 0.6) is 0 Å². The van der Waals surface area contributed by atoms with Crippen LogP contribution in [0.4, 0.5) is 0 Å². The number of aromatic nitrogens is 2. The van der Waals surface area contributed by atoms with Gasteiger partial charge in [-0.15, -0.1) is 0 Å². The summed E-state index contributed by atoms with van der Waals surface area (Å²) in [6.07, 6.45) is 0. The lowest BCUT2D eigenvalue weighted by molar-refractivity contribution is -0.115. The average molecular weight is 366 g/mol. The first-order chi connectivity index (χ1) is 11.4. The number of primary amides is 1. The highest BCUT2D eigenvalue weighted by atomic mass is 35.5. The van der Waals surface area contributed by atoms with Crippen LogP contribution < -0.4 is 5.73 Å². The van der Waals surface area contributed by atoms with Crippen molar-refractivity contribution >= 4 is 35.2 Å². The standard InChI is InChI=1S/C16H16ClN3O3S/c1-3-23-16(22)13-9(2)19-14(10-4-6-11(17)7-5-10)20-15(13)24-8-12(18)21/h4-7H,3,8H2,1-2H3,(H2,18,21). The molecule has 0 aliphatic carbocycles. The van der Waals surface area contributed by atoms with Crippen molar-refractivity contribution in [3.8, 4) is 11.4 Å². The van der Waals surface area contributed by atoms with E-state index in [9.17, 15) is 9.59 Å². The van der Waals surface area contributed by atoms with Crippen molar-refractivity contribution in [3.63, 3.8) is 0 Å². The topological polar surface area (TPSA) is 95.2 Å². The fourth-order valence-electron chi connectivity index (χ4n) is 1.96. The lowest BCUT2D eigenvalue weighted by atomic mass is 10.2. The second-order valence-corrected chi connectivity index (χ2v) is 6.20. The van der Waals surface area contributed by atoms with Crippen molar-refractivity contribution in [2.24, 2.45) is 5.73 Å². The maximum Gasteiger partial charge on any atom is 0.342 e. The molecule has 8 heteroatoms. The maximum absolute atomic E-state index is 12.2. The fourth-order valence-corrected chi connectivity index (χ4v) is 2.89. The molecule has 0 bridgehead atoms. The molecule has 1 heterocycles. The second-order valence-electron chi connectivity index (χ2n) is 4.80. The zero-order chi connectivity index (χ0) is 17.7. The van der Waals surface area contributed by atoms with E-state index in [1.54, 1.807) is 38.1 Å². The van der Waals surface area contributed by atoms with E-state index >= 15 is 0 Å². The number of halogens is 1. The number of ether oxygens (including phenoxy) is 1. The molecule has 1 aromatic carbocycles. The number of amides is 1. The molecule has 0 aliphatic rings. The second kappa shape index (κ2) is 8.12. The first-order valence-corrected chi connectivity index (χ1v) is 8.51. The number of benzene rings is 1. The molecular weight excluding hydrogens is 350 g/mol. The summed E-state index contributed by atoms with van der Waals surface area (Å²) in [6.45, 7) is 3.64. The fraction of sp³-hybridized carbons (Fsp3) is 0.250. The summed E-state index contributed by atoms with van der Waals surface area (Å²) < 4.78 is 5.05. The molecule has 0 spiro atoms. The van der Waals surface area contributed by atoms with Crippen LogP contribution in [-0.4, -0.2) is 34.2 Å². The molecule has 2 N–H and O–H groups in total. The van der Waals surface area contributed by atoms with Crippen LogP contribution in [0, 0.1) is 6.92 Å². The van der Waals surface area contributed by atoms with Gasteiger partial charge in [-0.2, -0.15) is 0 Å². The zero-order valence-corrected chi connectivity index (χ0v) is 14.8. The van der Waals surface area contributed by atoms with Crippen LogP contribution in [0.25, 0.3) is 11.4 Å². The molecule has 24 heavy (non-hydrogen) atoms. The largest absolute Gasteiger partial charge is 0.462 e. The Hall–Kier alpha value is -2.12. The van der Waals surface area contributed by atoms with Gasteiger partial charge in [-0.3, -0.25) is 4.79 Å². The van der Waals surface area contributed by atoms with Gasteiger partial charge in [0.05, 0.1) is 18.1 Å². The van der Waals surface area contributed by atoms with Gasteiger partial charge in [0.2, 0.25) is 5.91 Å². The van der Waals surface area contributed by atoms with Crippen molar-refractivity contribution < 1.29 is 14.3 Å². The van der Waals surface area contributed by atoms with Crippen LogP contribution in [-0.2, 0) is 9.53 Å². The van der Waals surface area contributed by atoms with Crippen LogP contribution >= 0.6 is 23.4 Å². The van der Waals surface area contributed by atoms with E-state index in [0.29, 0.717) is 21.6 Å². The van der Waals surface area contributed by atoms with Gasteiger partial charge in [0.25, 0.3) is 0 Å². The molecule has 0 unspecified atom stereocenters. The summed E-state index contributed by atoms with van der Waals surface area (Å²) >= 11 is 6.97. The molecule has 0 saturated carbocycles. The van der Waals surface area contributed by atoms with Gasteiger partial charge in [-0.1, -0.05) is 23.4 Å². The summed E-state index contributed by atoms with van der Waals surface area (Å²) in [4.78, 5) is 32.0. The minimum absolute atomic E-state index is 0.00289. The summed E-state index contributed by atoms with van der Waals surface area (Å²) in [6, 6.07) is 7.02. The van der Waals surface area contributed by atoms with Gasteiger partial charge in [0.1, 0.15) is 10.6 Å². The highest BCUT2D eigenvalue weighted by molar-refractivity contribution is 8.00. The third kappa shape index (κ3) is 4.46. The SMILES string of the molecule is CCOC(=O)c1c(C)nc(-c2ccc(Cl)cc2)nc1SCC(N)=O. The first-order valence-electron chi connectivity index (χ1n) is 7.15. The maximum atomic E-state index is 12.2. The number of aryl methyl sites for hydroxylation is 1. The molecular formula is C16H16ClN3O3S. The van der Waals surface area contributed by atoms with Gasteiger partial charge < -0.3 is 10.5 Å². The quantitative estimate of drug-likeness (QED) is 0.480. The monoisotopic (exact) mass is 365 g/mol. The third-order valence-corrected chi connectivity index (χ3v) is 4.24. The Bertz CT molecular complexity index is 766. The van der Waals surface area contributed by atoms with Crippen LogP contribution in [0.15, 0.2) is 29.3 Å². The van der Waals surface area contributed by atoms with E-state index < -0.39 is 11.9 Å². The summed E-state index contributed by atoms with van der Waals surface area (Å²) in [5.74, 6) is -0.587. The predicted octanol–water partition coefficient (Wildman–Crippen LogP) is 2.86. The molecule has 0 atom stereocenters. The lowest BCUT2D eigenvalue weighted by Crippen LogP contribution is -2.16. The Balaban J connectivity index is 2.50. The van der Waals surface area contributed by atoms with Gasteiger partial charge >= 0.3 is 5.97 Å². The van der Waals surface area contributed by atoms with Gasteiger partial charge in [-0.05, 0) is 38.1 Å². The van der Waals surface area contributed by atoms with Crippen molar-refractivity contribution in [2.75, 3.05) is 12.4 Å². The van der Waals surface area contributed by atoms with Crippen LogP contribution in [0.3, 0.4) is 0 Å². The molecule has 0 radical (unpaired) electrons. The zero-order valence-electron chi connectivity index (χ0n) is 13.2. The number of rotatable bonds is 6. The van der Waals surface area contributed by atoms with E-state index in [4.69, 9.17) is 22.1 Å². The number of nitrogens with zero attached hydrogens (tertiary/aromatic N) is 2. The average Bonchev–Trinajstić information content (AvgIpc) is 2.53. The number of carbonyl (C=O) groups is 2. The van der Waals surface area contributed by atoms with Crippen molar-refractivity contribution in [3.05, 3.63) is 40.5 Å². The Labute approximate surface area is 148 Å². The molecule has 2 rings (SSSR count). The van der Waals surface area contributed by atoms with Crippen molar-refractivity contribution in [2.45, 2.75) is 18.9 Å². The summed E-state index contributed by atoms with van der Waals surface area (Å²) in [7, 11) is 0. The molecule has 0 fully saturated rings. The van der Waals surface area contributed by atoms with Crippen LogP contribution in [0.2, 0.25) is 5.02 Å². The van der Waals surface area contributed by atoms with Crippen molar-refractivity contribution in [1.29, 1.82) is 0 Å². The van der Waals surface area contributed by atoms with E-state index in [-0.39, 0.29) is 17.9 Å². The van der Waals surface area contributed by atoms with E-state index in [1.165, 1.54) is 0 Å². The van der Waals surface area contributed by atoms with E-state index in [1.807, 2.05) is 0 Å². The highest BCUT2D eigenvalue weighted by Crippen LogP contribution is 2.27. The Kier molecular flexibility index (Phi) is 6.16. The van der Waals surface area contributed by atoms with Gasteiger partial charge in [0.15, 0.2) is 5.82 Å². The minimum atomic E-state index is -0.523.